The lowest BCUT2D eigenvalue weighted by Crippen LogP contribution is -2.03. The lowest BCUT2D eigenvalue weighted by molar-refractivity contribution is -0.137. The molecule has 0 aliphatic carbocycles. The Hall–Kier alpha value is -4.12. The molecule has 0 N–H and O–H groups in total. The van der Waals surface area contributed by atoms with Gasteiger partial charge in [-0.3, -0.25) is 0 Å². The van der Waals surface area contributed by atoms with Crippen molar-refractivity contribution in [2.45, 2.75) is 13.8 Å². The Morgan fingerprint density at radius 1 is 0.970 bits per heavy atom. The van der Waals surface area contributed by atoms with Crippen LogP contribution in [0.5, 0.6) is 5.75 Å². The van der Waals surface area contributed by atoms with Gasteiger partial charge in [-0.2, -0.15) is 5.10 Å². The first-order chi connectivity index (χ1) is 16.1. The maximum atomic E-state index is 12.4. The lowest BCUT2D eigenvalue weighted by Gasteiger charge is -2.09. The van der Waals surface area contributed by atoms with Gasteiger partial charge in [-0.05, 0) is 49.7 Å². The number of nitrogens with zero attached hydrogens (tertiary/aromatic N) is 2. The van der Waals surface area contributed by atoms with Gasteiger partial charge in [-0.15, -0.1) is 0 Å². The molecule has 0 aliphatic heterocycles. The number of ether oxygens (including phenoxy) is 2. The van der Waals surface area contributed by atoms with E-state index in [0.29, 0.717) is 17.9 Å². The van der Waals surface area contributed by atoms with E-state index >= 15 is 0 Å². The molecule has 0 amide bonds. The quantitative estimate of drug-likeness (QED) is 0.268. The minimum Gasteiger partial charge on any atom is -0.497 e. The molecule has 5 nitrogen and oxygen atoms in total. The van der Waals surface area contributed by atoms with Gasteiger partial charge in [0.1, 0.15) is 5.75 Å². The molecule has 0 saturated heterocycles. The number of hydrogen-bond donors (Lipinski definition) is 0. The number of benzene rings is 3. The Morgan fingerprint density at radius 2 is 1.67 bits per heavy atom. The molecular formula is C28H26N2O3. The smallest absolute Gasteiger partial charge is 0.331 e. The first kappa shape index (κ1) is 22.1. The van der Waals surface area contributed by atoms with Crippen LogP contribution in [0.2, 0.25) is 0 Å². The number of esters is 1. The van der Waals surface area contributed by atoms with Crippen LogP contribution in [0.3, 0.4) is 0 Å². The van der Waals surface area contributed by atoms with Gasteiger partial charge in [-0.25, -0.2) is 9.48 Å². The van der Waals surface area contributed by atoms with Gasteiger partial charge < -0.3 is 9.47 Å². The molecule has 0 aliphatic rings. The number of carbonyl (C=O) groups is 1. The van der Waals surface area contributed by atoms with Gasteiger partial charge in [0, 0.05) is 17.2 Å². The van der Waals surface area contributed by atoms with E-state index in [2.05, 4.69) is 31.2 Å². The number of hydrogen-bond acceptors (Lipinski definition) is 4. The summed E-state index contributed by atoms with van der Waals surface area (Å²) in [6.45, 7) is 4.17. The first-order valence-electron chi connectivity index (χ1n) is 10.8. The fourth-order valence-corrected chi connectivity index (χ4v) is 3.59. The molecule has 166 valence electrons. The molecule has 0 radical (unpaired) electrons. The summed E-state index contributed by atoms with van der Waals surface area (Å²) in [7, 11) is 1.64. The zero-order chi connectivity index (χ0) is 23.2. The minimum absolute atomic E-state index is 0.312. The van der Waals surface area contributed by atoms with E-state index in [1.807, 2.05) is 65.3 Å². The fourth-order valence-electron chi connectivity index (χ4n) is 3.59. The van der Waals surface area contributed by atoms with E-state index in [9.17, 15) is 4.79 Å². The summed E-state index contributed by atoms with van der Waals surface area (Å²) in [5, 5.41) is 4.92. The van der Waals surface area contributed by atoms with Crippen LogP contribution in [0, 0.1) is 6.92 Å². The number of carbonyl (C=O) groups excluding carboxylic acids is 1. The van der Waals surface area contributed by atoms with E-state index in [0.717, 1.165) is 28.3 Å². The van der Waals surface area contributed by atoms with Crippen LogP contribution >= 0.6 is 0 Å². The lowest BCUT2D eigenvalue weighted by atomic mass is 10.0. The van der Waals surface area contributed by atoms with E-state index in [1.165, 1.54) is 11.6 Å². The normalized spacial score (nSPS) is 11.3. The van der Waals surface area contributed by atoms with Crippen molar-refractivity contribution >= 4 is 11.5 Å². The predicted octanol–water partition coefficient (Wildman–Crippen LogP) is 5.85. The van der Waals surface area contributed by atoms with Gasteiger partial charge in [0.05, 0.1) is 30.8 Å². The summed E-state index contributed by atoms with van der Waals surface area (Å²) in [6, 6.07) is 27.8. The predicted molar refractivity (Wildman–Crippen MR) is 130 cm³/mol. The van der Waals surface area contributed by atoms with Gasteiger partial charge >= 0.3 is 5.97 Å². The monoisotopic (exact) mass is 438 g/mol. The van der Waals surface area contributed by atoms with Crippen LogP contribution in [-0.2, 0) is 9.53 Å². The number of aryl methyl sites for hydroxylation is 1. The first-order valence-corrected chi connectivity index (χ1v) is 10.8. The van der Waals surface area contributed by atoms with Crippen LogP contribution < -0.4 is 4.74 Å². The molecule has 0 bridgehead atoms. The summed E-state index contributed by atoms with van der Waals surface area (Å²) in [5.74, 6) is 0.377. The maximum absolute atomic E-state index is 12.4. The average molecular weight is 439 g/mol. The van der Waals surface area contributed by atoms with Crippen LogP contribution in [-0.4, -0.2) is 29.5 Å². The molecule has 5 heteroatoms. The van der Waals surface area contributed by atoms with Gasteiger partial charge in [0.15, 0.2) is 0 Å². The molecule has 0 saturated carbocycles. The van der Waals surface area contributed by atoms with Crippen LogP contribution in [0.15, 0.2) is 91.0 Å². The van der Waals surface area contributed by atoms with Crippen molar-refractivity contribution in [1.29, 1.82) is 0 Å². The zero-order valence-electron chi connectivity index (χ0n) is 19.0. The van der Waals surface area contributed by atoms with Gasteiger partial charge in [0.2, 0.25) is 0 Å². The number of methoxy groups -OCH3 is 1. The largest absolute Gasteiger partial charge is 0.497 e. The van der Waals surface area contributed by atoms with E-state index < -0.39 is 5.97 Å². The van der Waals surface area contributed by atoms with E-state index in [-0.39, 0.29) is 0 Å². The summed E-state index contributed by atoms with van der Waals surface area (Å²) in [5.41, 5.74) is 6.29. The SMILES string of the molecule is CCOC(=O)/C=C(\c1ccccc1)c1cc(-c2ccc(C)cc2)n(-c2ccc(OC)cc2)n1. The van der Waals surface area contributed by atoms with Crippen molar-refractivity contribution in [2.24, 2.45) is 0 Å². The Bertz CT molecular complexity index is 1260. The molecule has 0 spiro atoms. The molecular weight excluding hydrogens is 412 g/mol. The summed E-state index contributed by atoms with van der Waals surface area (Å²) >= 11 is 0. The third-order valence-electron chi connectivity index (χ3n) is 5.28. The second-order valence-electron chi connectivity index (χ2n) is 7.57. The second kappa shape index (κ2) is 10.0. The van der Waals surface area contributed by atoms with Crippen molar-refractivity contribution in [3.63, 3.8) is 0 Å². The van der Waals surface area contributed by atoms with Crippen molar-refractivity contribution in [3.05, 3.63) is 108 Å². The molecule has 33 heavy (non-hydrogen) atoms. The molecule has 1 aromatic heterocycles. The highest BCUT2D eigenvalue weighted by Gasteiger charge is 2.17. The molecule has 0 unspecified atom stereocenters. The molecule has 1 heterocycles. The van der Waals surface area contributed by atoms with E-state index in [1.54, 1.807) is 14.0 Å². The standard InChI is InChI=1S/C28H26N2O3/c1-4-33-28(31)18-25(21-8-6-5-7-9-21)26-19-27(22-12-10-20(2)11-13-22)30(29-26)23-14-16-24(32-3)17-15-23/h5-19H,4H2,1-3H3/b25-18+. The van der Waals surface area contributed by atoms with Crippen molar-refractivity contribution < 1.29 is 14.3 Å². The van der Waals surface area contributed by atoms with Crippen LogP contribution in [0.1, 0.15) is 23.7 Å². The molecule has 0 fully saturated rings. The maximum Gasteiger partial charge on any atom is 0.331 e. The highest BCUT2D eigenvalue weighted by atomic mass is 16.5. The third kappa shape index (κ3) is 5.04. The topological polar surface area (TPSA) is 53.4 Å². The van der Waals surface area contributed by atoms with Crippen LogP contribution in [0.25, 0.3) is 22.5 Å². The van der Waals surface area contributed by atoms with E-state index in [4.69, 9.17) is 14.6 Å². The Labute approximate surface area is 193 Å². The van der Waals surface area contributed by atoms with Crippen molar-refractivity contribution in [2.75, 3.05) is 13.7 Å². The van der Waals surface area contributed by atoms with Crippen molar-refractivity contribution in [1.82, 2.24) is 9.78 Å². The summed E-state index contributed by atoms with van der Waals surface area (Å²) in [4.78, 5) is 12.4. The number of rotatable bonds is 7. The molecule has 0 atom stereocenters. The molecule has 4 aromatic rings. The highest BCUT2D eigenvalue weighted by Crippen LogP contribution is 2.30. The van der Waals surface area contributed by atoms with Crippen LogP contribution in [0.4, 0.5) is 0 Å². The van der Waals surface area contributed by atoms with Gasteiger partial charge in [0.25, 0.3) is 0 Å². The summed E-state index contributed by atoms with van der Waals surface area (Å²) < 4.78 is 12.4. The van der Waals surface area contributed by atoms with Crippen molar-refractivity contribution in [3.8, 4) is 22.7 Å². The Balaban J connectivity index is 1.89. The molecule has 4 rings (SSSR count). The molecule has 3 aromatic carbocycles. The average Bonchev–Trinajstić information content (AvgIpc) is 3.29. The van der Waals surface area contributed by atoms with Gasteiger partial charge in [-0.1, -0.05) is 60.2 Å². The summed E-state index contributed by atoms with van der Waals surface area (Å²) in [6.07, 6.45) is 1.51. The highest BCUT2D eigenvalue weighted by molar-refractivity contribution is 5.96. The zero-order valence-corrected chi connectivity index (χ0v) is 19.0. The third-order valence-corrected chi connectivity index (χ3v) is 5.28. The second-order valence-corrected chi connectivity index (χ2v) is 7.57. The Morgan fingerprint density at radius 3 is 2.30 bits per heavy atom. The minimum atomic E-state index is -0.396. The fraction of sp³-hybridized carbons (Fsp3) is 0.143. The Kier molecular flexibility index (Phi) is 6.69. The number of aromatic nitrogens is 2.